The number of benzene rings is 1. The Kier molecular flexibility index (Phi) is 5.22. The Morgan fingerprint density at radius 1 is 0.939 bits per heavy atom. The van der Waals surface area contributed by atoms with Crippen LogP contribution in [0.25, 0.3) is 27.7 Å². The molecule has 1 aliphatic carbocycles. The van der Waals surface area contributed by atoms with Gasteiger partial charge in [0.05, 0.1) is 17.2 Å². The highest BCUT2D eigenvalue weighted by Crippen LogP contribution is 2.29. The van der Waals surface area contributed by atoms with Gasteiger partial charge in [0.1, 0.15) is 5.52 Å². The van der Waals surface area contributed by atoms with Gasteiger partial charge in [0, 0.05) is 57.1 Å². The van der Waals surface area contributed by atoms with E-state index in [1.807, 2.05) is 30.0 Å². The highest BCUT2D eigenvalue weighted by Gasteiger charge is 2.28. The highest BCUT2D eigenvalue weighted by atomic mass is 15.4. The first kappa shape index (κ1) is 20.6. The van der Waals surface area contributed by atoms with Crippen LogP contribution in [0.15, 0.2) is 36.7 Å². The molecule has 9 nitrogen and oxygen atoms in total. The lowest BCUT2D eigenvalue weighted by atomic mass is 9.90. The number of nitrogens with zero attached hydrogens (tertiary/aromatic N) is 8. The second-order valence-corrected chi connectivity index (χ2v) is 9.55. The van der Waals surface area contributed by atoms with Gasteiger partial charge in [-0.05, 0) is 56.5 Å². The number of likely N-dealkylation sites (N-methyl/N-ethyl adjacent to an activating group) is 1. The van der Waals surface area contributed by atoms with Crippen LogP contribution >= 0.6 is 0 Å². The van der Waals surface area contributed by atoms with Gasteiger partial charge in [-0.2, -0.15) is 0 Å². The van der Waals surface area contributed by atoms with E-state index in [0.29, 0.717) is 12.0 Å². The topological polar surface area (TPSA) is 79.4 Å². The van der Waals surface area contributed by atoms with Crippen molar-refractivity contribution in [2.45, 2.75) is 37.8 Å². The highest BCUT2D eigenvalue weighted by molar-refractivity contribution is 5.87. The fourth-order valence-corrected chi connectivity index (χ4v) is 5.36. The van der Waals surface area contributed by atoms with Crippen LogP contribution in [-0.4, -0.2) is 84.7 Å². The van der Waals surface area contributed by atoms with E-state index >= 15 is 0 Å². The van der Waals surface area contributed by atoms with Crippen molar-refractivity contribution in [3.63, 3.8) is 0 Å². The Hall–Kier alpha value is -3.04. The van der Waals surface area contributed by atoms with Crippen molar-refractivity contribution < 1.29 is 0 Å². The van der Waals surface area contributed by atoms with E-state index in [1.54, 1.807) is 4.68 Å². The molecule has 6 rings (SSSR count). The van der Waals surface area contributed by atoms with Crippen LogP contribution in [0.4, 0.5) is 5.95 Å². The number of piperazine rings is 1. The van der Waals surface area contributed by atoms with E-state index in [2.05, 4.69) is 55.7 Å². The Morgan fingerprint density at radius 2 is 1.76 bits per heavy atom. The van der Waals surface area contributed by atoms with E-state index in [0.717, 1.165) is 33.7 Å². The number of hydrogen-bond acceptors (Lipinski definition) is 7. The predicted octanol–water partition coefficient (Wildman–Crippen LogP) is 2.65. The zero-order valence-corrected chi connectivity index (χ0v) is 19.4. The lowest BCUT2D eigenvalue weighted by Gasteiger charge is -2.41. The smallest absolute Gasteiger partial charge is 0.241 e. The van der Waals surface area contributed by atoms with Crippen LogP contribution in [-0.2, 0) is 7.05 Å². The van der Waals surface area contributed by atoms with Gasteiger partial charge in [-0.1, -0.05) is 11.3 Å². The molecule has 1 aromatic carbocycles. The predicted molar refractivity (Wildman–Crippen MR) is 129 cm³/mol. The number of aryl methyl sites for hydroxylation is 1. The van der Waals surface area contributed by atoms with E-state index in [4.69, 9.17) is 5.10 Å². The molecule has 0 bridgehead atoms. The van der Waals surface area contributed by atoms with E-state index < -0.39 is 0 Å². The number of nitrogens with one attached hydrogen (secondary N) is 1. The summed E-state index contributed by atoms with van der Waals surface area (Å²) in [7, 11) is 4.14. The summed E-state index contributed by atoms with van der Waals surface area (Å²) in [5.74, 6) is 0.707. The number of aromatic nitrogens is 6. The summed E-state index contributed by atoms with van der Waals surface area (Å²) in [4.78, 5) is 9.78. The molecular weight excluding hydrogens is 414 g/mol. The zero-order chi connectivity index (χ0) is 22.4. The summed E-state index contributed by atoms with van der Waals surface area (Å²) in [6.07, 6.45) is 8.78. The maximum atomic E-state index is 4.75. The van der Waals surface area contributed by atoms with Crippen molar-refractivity contribution in [3.8, 4) is 11.1 Å². The molecule has 9 heteroatoms. The normalized spacial score (nSPS) is 22.8. The largest absolute Gasteiger partial charge is 0.350 e. The molecule has 0 amide bonds. The molecule has 2 aliphatic rings. The van der Waals surface area contributed by atoms with Crippen LogP contribution in [0.2, 0.25) is 0 Å². The van der Waals surface area contributed by atoms with Gasteiger partial charge < -0.3 is 10.2 Å². The van der Waals surface area contributed by atoms with Crippen molar-refractivity contribution in [1.29, 1.82) is 0 Å². The average Bonchev–Trinajstić information content (AvgIpc) is 3.43. The molecule has 1 saturated carbocycles. The Bertz CT molecular complexity index is 1260. The molecule has 2 fully saturated rings. The summed E-state index contributed by atoms with van der Waals surface area (Å²) in [6, 6.07) is 9.49. The summed E-state index contributed by atoms with van der Waals surface area (Å²) in [6.45, 7) is 4.80. The summed E-state index contributed by atoms with van der Waals surface area (Å²) >= 11 is 0. The maximum absolute atomic E-state index is 4.75. The van der Waals surface area contributed by atoms with Crippen molar-refractivity contribution >= 4 is 22.5 Å². The molecular formula is C24H31N9. The SMILES string of the molecule is CN1CCN([C@H]2CC[C@@H](Nc3ncc4c(-c5ccc6nnn(C)c6c5)ccn4n3)CC2)CC1. The minimum absolute atomic E-state index is 0.445. The quantitative estimate of drug-likeness (QED) is 0.517. The first-order valence-electron chi connectivity index (χ1n) is 12.0. The van der Waals surface area contributed by atoms with E-state index in [9.17, 15) is 0 Å². The lowest BCUT2D eigenvalue weighted by Crippen LogP contribution is -2.50. The number of fused-ring (bicyclic) bond motifs is 2. The van der Waals surface area contributed by atoms with Gasteiger partial charge in [-0.15, -0.1) is 10.2 Å². The summed E-state index contributed by atoms with van der Waals surface area (Å²) in [5, 5.41) is 16.6. The fraction of sp³-hybridized carbons (Fsp3) is 0.500. The van der Waals surface area contributed by atoms with Crippen LogP contribution in [0, 0.1) is 0 Å². The van der Waals surface area contributed by atoms with Crippen molar-refractivity contribution in [2.24, 2.45) is 7.05 Å². The molecule has 1 N–H and O–H groups in total. The van der Waals surface area contributed by atoms with E-state index in [1.165, 1.54) is 51.9 Å². The molecule has 0 radical (unpaired) electrons. The van der Waals surface area contributed by atoms with Gasteiger partial charge in [-0.3, -0.25) is 4.90 Å². The Balaban J connectivity index is 1.14. The third-order valence-corrected chi connectivity index (χ3v) is 7.42. The van der Waals surface area contributed by atoms with Gasteiger partial charge in [-0.25, -0.2) is 14.2 Å². The third-order valence-electron chi connectivity index (χ3n) is 7.42. The van der Waals surface area contributed by atoms with Gasteiger partial charge in [0.25, 0.3) is 0 Å². The maximum Gasteiger partial charge on any atom is 0.241 e. The first-order valence-corrected chi connectivity index (χ1v) is 12.0. The molecule has 0 spiro atoms. The monoisotopic (exact) mass is 445 g/mol. The fourth-order valence-electron chi connectivity index (χ4n) is 5.36. The number of anilines is 1. The average molecular weight is 446 g/mol. The standard InChI is InChI=1S/C24H31N9/c1-30-11-13-32(14-12-30)19-6-4-18(5-7-19)26-24-25-16-23-20(9-10-33(23)28-24)17-3-8-21-22(15-17)31(2)29-27-21/h3,8-10,15-16,18-19H,4-7,11-14H2,1-2H3,(H,26,28)/t18-,19+. The van der Waals surface area contributed by atoms with Crippen molar-refractivity contribution in [3.05, 3.63) is 36.7 Å². The molecule has 4 aromatic rings. The molecule has 0 atom stereocenters. The van der Waals surface area contributed by atoms with Crippen molar-refractivity contribution in [1.82, 2.24) is 39.4 Å². The van der Waals surface area contributed by atoms with Crippen LogP contribution in [0.3, 0.4) is 0 Å². The molecule has 3 aromatic heterocycles. The zero-order valence-electron chi connectivity index (χ0n) is 19.4. The second kappa shape index (κ2) is 8.39. The van der Waals surface area contributed by atoms with Gasteiger partial charge in [0.15, 0.2) is 0 Å². The minimum atomic E-state index is 0.445. The number of hydrogen-bond donors (Lipinski definition) is 1. The minimum Gasteiger partial charge on any atom is -0.350 e. The lowest BCUT2D eigenvalue weighted by molar-refractivity contribution is 0.0893. The van der Waals surface area contributed by atoms with Crippen LogP contribution in [0.1, 0.15) is 25.7 Å². The van der Waals surface area contributed by atoms with Crippen molar-refractivity contribution in [2.75, 3.05) is 38.5 Å². The summed E-state index contributed by atoms with van der Waals surface area (Å²) < 4.78 is 3.72. The second-order valence-electron chi connectivity index (χ2n) is 9.55. The third kappa shape index (κ3) is 3.95. The first-order chi connectivity index (χ1) is 16.1. The summed E-state index contributed by atoms with van der Waals surface area (Å²) in [5.41, 5.74) is 5.13. The Morgan fingerprint density at radius 3 is 2.58 bits per heavy atom. The van der Waals surface area contributed by atoms with Crippen LogP contribution in [0.5, 0.6) is 0 Å². The molecule has 0 unspecified atom stereocenters. The molecule has 33 heavy (non-hydrogen) atoms. The molecule has 1 saturated heterocycles. The Labute approximate surface area is 193 Å². The number of rotatable bonds is 4. The van der Waals surface area contributed by atoms with E-state index in [-0.39, 0.29) is 0 Å². The van der Waals surface area contributed by atoms with Gasteiger partial charge >= 0.3 is 0 Å². The molecule has 4 heterocycles. The molecule has 1 aliphatic heterocycles. The molecule has 172 valence electrons. The van der Waals surface area contributed by atoms with Gasteiger partial charge in [0.2, 0.25) is 5.95 Å². The van der Waals surface area contributed by atoms with Crippen LogP contribution < -0.4 is 5.32 Å².